The van der Waals surface area contributed by atoms with E-state index in [0.29, 0.717) is 0 Å². The first-order valence-electron chi connectivity index (χ1n) is 6.62. The zero-order valence-corrected chi connectivity index (χ0v) is 13.7. The van der Waals surface area contributed by atoms with Gasteiger partial charge in [-0.3, -0.25) is 19.0 Å². The number of benzene rings is 1. The summed E-state index contributed by atoms with van der Waals surface area (Å²) in [5.41, 5.74) is -1.46. The Bertz CT molecular complexity index is 987. The number of nitrogens with zero attached hydrogens (tertiary/aromatic N) is 1. The molecule has 1 aromatic carbocycles. The normalized spacial score (nSPS) is 21.5. The van der Waals surface area contributed by atoms with Crippen LogP contribution in [0.25, 0.3) is 0 Å². The van der Waals surface area contributed by atoms with E-state index in [0.717, 1.165) is 10.6 Å². The minimum absolute atomic E-state index is 0.0372. The fourth-order valence-corrected chi connectivity index (χ4v) is 4.09. The Hall–Kier alpha value is -1.99. The summed E-state index contributed by atoms with van der Waals surface area (Å²) in [6.45, 7) is 0. The Labute approximate surface area is 142 Å². The molecule has 1 amide bonds. The molecule has 1 atom stereocenters. The lowest BCUT2D eigenvalue weighted by atomic mass is 10.0. The lowest BCUT2D eigenvalue weighted by molar-refractivity contribution is 0.0909. The smallest absolute Gasteiger partial charge is 0.271 e. The van der Waals surface area contributed by atoms with Gasteiger partial charge in [-0.05, 0) is 40.2 Å². The van der Waals surface area contributed by atoms with E-state index in [1.807, 2.05) is 0 Å². The number of nitrogens with one attached hydrogen (secondary N) is 1. The number of rotatable bonds is 0. The number of carbonyl (C=O) groups is 2. The highest BCUT2D eigenvalue weighted by atomic mass is 79.9. The van der Waals surface area contributed by atoms with Crippen molar-refractivity contribution < 1.29 is 14.0 Å². The monoisotopic (exact) mass is 396 g/mol. The van der Waals surface area contributed by atoms with Crippen molar-refractivity contribution in [2.45, 2.75) is 12.1 Å². The number of aromatic nitrogens is 1. The molecule has 116 valence electrons. The predicted molar refractivity (Wildman–Crippen MR) is 83.3 cm³/mol. The van der Waals surface area contributed by atoms with E-state index < -0.39 is 22.9 Å². The number of Topliss-reactive ketones (excluding diaryl/α,β-unsaturated/α-hetero) is 1. The zero-order valence-electron chi connectivity index (χ0n) is 11.3. The summed E-state index contributed by atoms with van der Waals surface area (Å²) in [5.74, 6) is -1.42. The van der Waals surface area contributed by atoms with Crippen LogP contribution in [0.5, 0.6) is 0 Å². The molecule has 1 aromatic heterocycles. The summed E-state index contributed by atoms with van der Waals surface area (Å²) in [6.07, 6.45) is -0.169. The molecular weight excluding hydrogens is 391 g/mol. The minimum atomic E-state index is -1.44. The van der Waals surface area contributed by atoms with Crippen LogP contribution in [0.2, 0.25) is 5.02 Å². The molecule has 0 saturated heterocycles. The summed E-state index contributed by atoms with van der Waals surface area (Å²) < 4.78 is 15.0. The van der Waals surface area contributed by atoms with Crippen LogP contribution in [-0.2, 0) is 5.66 Å². The maximum absolute atomic E-state index is 13.7. The van der Waals surface area contributed by atoms with Gasteiger partial charge in [-0.15, -0.1) is 0 Å². The first kappa shape index (κ1) is 14.6. The quantitative estimate of drug-likeness (QED) is 0.742. The minimum Gasteiger partial charge on any atom is -0.323 e. The number of fused-ring (bicyclic) bond motifs is 4. The second-order valence-electron chi connectivity index (χ2n) is 5.43. The third-order valence-electron chi connectivity index (χ3n) is 4.17. The number of hydrogen-bond acceptors (Lipinski definition) is 3. The van der Waals surface area contributed by atoms with Crippen molar-refractivity contribution in [1.29, 1.82) is 0 Å². The summed E-state index contributed by atoms with van der Waals surface area (Å²) in [4.78, 5) is 37.2. The maximum Gasteiger partial charge on any atom is 0.271 e. The Kier molecular flexibility index (Phi) is 2.87. The number of amides is 1. The highest BCUT2D eigenvalue weighted by molar-refractivity contribution is 9.10. The van der Waals surface area contributed by atoms with Crippen molar-refractivity contribution in [3.8, 4) is 0 Å². The molecule has 8 heteroatoms. The summed E-state index contributed by atoms with van der Waals surface area (Å²) in [6, 6.07) is 5.02. The third kappa shape index (κ3) is 1.74. The topological polar surface area (TPSA) is 68.2 Å². The molecule has 2 aliphatic rings. The van der Waals surface area contributed by atoms with E-state index in [2.05, 4.69) is 21.2 Å². The van der Waals surface area contributed by atoms with Crippen molar-refractivity contribution in [2.75, 3.05) is 0 Å². The number of ketones is 1. The molecule has 23 heavy (non-hydrogen) atoms. The van der Waals surface area contributed by atoms with Crippen molar-refractivity contribution in [3.05, 3.63) is 66.8 Å². The SMILES string of the molecule is O=C1CC2(NC(=O)c3c(Cl)cc(Br)c(=O)n32)c2cc(F)ccc21. The zero-order chi connectivity index (χ0) is 16.5. The molecule has 0 radical (unpaired) electrons. The van der Waals surface area contributed by atoms with Crippen LogP contribution in [0.1, 0.15) is 32.8 Å². The van der Waals surface area contributed by atoms with Gasteiger partial charge in [0.1, 0.15) is 11.5 Å². The van der Waals surface area contributed by atoms with Crippen molar-refractivity contribution in [2.24, 2.45) is 0 Å². The molecule has 1 N–H and O–H groups in total. The molecule has 2 aromatic rings. The second kappa shape index (κ2) is 4.52. The molecule has 0 fully saturated rings. The Morgan fingerprint density at radius 1 is 1.26 bits per heavy atom. The van der Waals surface area contributed by atoms with E-state index in [1.165, 1.54) is 18.2 Å². The van der Waals surface area contributed by atoms with Gasteiger partial charge in [0.2, 0.25) is 0 Å². The van der Waals surface area contributed by atoms with Crippen LogP contribution < -0.4 is 10.9 Å². The highest BCUT2D eigenvalue weighted by Gasteiger charge is 2.53. The van der Waals surface area contributed by atoms with Crippen molar-refractivity contribution in [1.82, 2.24) is 9.88 Å². The van der Waals surface area contributed by atoms with E-state index in [-0.39, 0.29) is 38.5 Å². The third-order valence-corrected chi connectivity index (χ3v) is 5.03. The van der Waals surface area contributed by atoms with Crippen LogP contribution in [-0.4, -0.2) is 16.3 Å². The van der Waals surface area contributed by atoms with Gasteiger partial charge in [0.05, 0.1) is 15.9 Å². The summed E-state index contributed by atoms with van der Waals surface area (Å²) in [5, 5.41) is 2.72. The van der Waals surface area contributed by atoms with Crippen LogP contribution in [0, 0.1) is 5.82 Å². The van der Waals surface area contributed by atoms with Gasteiger partial charge >= 0.3 is 0 Å². The number of halogens is 3. The fraction of sp³-hybridized carbons (Fsp3) is 0.133. The molecule has 5 nitrogen and oxygen atoms in total. The molecule has 1 aliphatic carbocycles. The van der Waals surface area contributed by atoms with Gasteiger partial charge in [-0.25, -0.2) is 4.39 Å². The van der Waals surface area contributed by atoms with Gasteiger partial charge in [0.15, 0.2) is 11.4 Å². The average molecular weight is 398 g/mol. The van der Waals surface area contributed by atoms with Gasteiger partial charge in [-0.1, -0.05) is 11.6 Å². The predicted octanol–water partition coefficient (Wildman–Crippen LogP) is 2.43. The molecular formula is C15H7BrClFN2O3. The molecule has 0 bridgehead atoms. The summed E-state index contributed by atoms with van der Waals surface area (Å²) >= 11 is 9.19. The molecule has 1 unspecified atom stereocenters. The standard InChI is InChI=1S/C15H7BrClFN2O3/c16-9-4-10(17)12-13(22)19-15(20(12)14(9)23)5-11(21)7-2-1-6(18)3-8(7)15/h1-4H,5H2,(H,19,22). The highest BCUT2D eigenvalue weighted by Crippen LogP contribution is 2.42. The second-order valence-corrected chi connectivity index (χ2v) is 6.70. The first-order chi connectivity index (χ1) is 10.8. The van der Waals surface area contributed by atoms with Crippen LogP contribution in [0.3, 0.4) is 0 Å². The van der Waals surface area contributed by atoms with Crippen LogP contribution in [0.15, 0.2) is 33.5 Å². The Morgan fingerprint density at radius 3 is 2.74 bits per heavy atom. The van der Waals surface area contributed by atoms with Gasteiger partial charge in [-0.2, -0.15) is 0 Å². The van der Waals surface area contributed by atoms with Crippen molar-refractivity contribution in [3.63, 3.8) is 0 Å². The largest absolute Gasteiger partial charge is 0.323 e. The number of pyridine rings is 1. The fourth-order valence-electron chi connectivity index (χ4n) is 3.27. The van der Waals surface area contributed by atoms with Crippen molar-refractivity contribution >= 4 is 39.2 Å². The lowest BCUT2D eigenvalue weighted by Crippen LogP contribution is -2.47. The molecule has 4 rings (SSSR count). The molecule has 0 saturated carbocycles. The van der Waals surface area contributed by atoms with Gasteiger partial charge in [0.25, 0.3) is 11.5 Å². The van der Waals surface area contributed by atoms with E-state index >= 15 is 0 Å². The molecule has 1 spiro atoms. The average Bonchev–Trinajstić information content (AvgIpc) is 2.92. The van der Waals surface area contributed by atoms with E-state index in [4.69, 9.17) is 11.6 Å². The maximum atomic E-state index is 13.7. The van der Waals surface area contributed by atoms with E-state index in [1.54, 1.807) is 0 Å². The van der Waals surface area contributed by atoms with Crippen LogP contribution >= 0.6 is 27.5 Å². The first-order valence-corrected chi connectivity index (χ1v) is 7.79. The van der Waals surface area contributed by atoms with Gasteiger partial charge in [0, 0.05) is 11.1 Å². The Balaban J connectivity index is 2.14. The van der Waals surface area contributed by atoms with Crippen LogP contribution in [0.4, 0.5) is 4.39 Å². The number of hydrogen-bond donors (Lipinski definition) is 1. The van der Waals surface area contributed by atoms with E-state index in [9.17, 15) is 18.8 Å². The molecule has 1 aliphatic heterocycles. The summed E-state index contributed by atoms with van der Waals surface area (Å²) in [7, 11) is 0. The number of carbonyl (C=O) groups excluding carboxylic acids is 2. The Morgan fingerprint density at radius 2 is 2.00 bits per heavy atom. The lowest BCUT2D eigenvalue weighted by Gasteiger charge is -2.27. The van der Waals surface area contributed by atoms with Gasteiger partial charge < -0.3 is 5.32 Å². The molecule has 2 heterocycles.